The maximum absolute atomic E-state index is 12.8. The minimum absolute atomic E-state index is 0.230. The van der Waals surface area contributed by atoms with Crippen LogP contribution in [0.25, 0.3) is 0 Å². The second-order valence-corrected chi connectivity index (χ2v) is 7.35. The van der Waals surface area contributed by atoms with E-state index in [1.54, 1.807) is 42.6 Å². The van der Waals surface area contributed by atoms with Crippen LogP contribution in [-0.4, -0.2) is 22.5 Å². The Morgan fingerprint density at radius 3 is 2.80 bits per heavy atom. The number of fused-ring (bicyclic) bond motifs is 1. The molecule has 0 aliphatic heterocycles. The average molecular weight is 423 g/mol. The highest BCUT2D eigenvalue weighted by Crippen LogP contribution is 2.30. The largest absolute Gasteiger partial charge is 0.455 e. The number of aryl methyl sites for hydroxylation is 1. The van der Waals surface area contributed by atoms with Gasteiger partial charge in [-0.1, -0.05) is 17.7 Å². The highest BCUT2D eigenvalue weighted by Gasteiger charge is 2.28. The fraction of sp³-hybridized carbons (Fsp3) is 0.182. The molecule has 0 atom stereocenters. The number of nitrogens with zero attached hydrogens (tertiary/aromatic N) is 2. The lowest BCUT2D eigenvalue weighted by Gasteiger charge is -2.13. The van der Waals surface area contributed by atoms with Gasteiger partial charge >= 0.3 is 0 Å². The van der Waals surface area contributed by atoms with Gasteiger partial charge in [-0.2, -0.15) is 5.10 Å². The Labute approximate surface area is 178 Å². The molecule has 2 amide bonds. The van der Waals surface area contributed by atoms with Crippen LogP contribution in [-0.2, 0) is 6.42 Å². The zero-order valence-corrected chi connectivity index (χ0v) is 17.0. The number of amides is 2. The number of pyridine rings is 1. The zero-order valence-electron chi connectivity index (χ0n) is 16.2. The van der Waals surface area contributed by atoms with Crippen LogP contribution in [0, 0.1) is 6.92 Å². The normalized spacial score (nSPS) is 14.3. The van der Waals surface area contributed by atoms with Crippen LogP contribution in [0.2, 0.25) is 5.02 Å². The number of carbonyl (C=O) groups excluding carboxylic acids is 2. The van der Waals surface area contributed by atoms with Gasteiger partial charge in [-0.05, 0) is 50.1 Å². The summed E-state index contributed by atoms with van der Waals surface area (Å²) >= 11 is 5.98. The number of hydrogen-bond acceptors (Lipinski definition) is 5. The van der Waals surface area contributed by atoms with Crippen molar-refractivity contribution in [2.75, 3.05) is 5.32 Å². The van der Waals surface area contributed by atoms with E-state index in [1.807, 2.05) is 6.92 Å². The average Bonchev–Trinajstić information content (AvgIpc) is 3.10. The summed E-state index contributed by atoms with van der Waals surface area (Å²) in [5.41, 5.74) is 5.74. The number of carbonyl (C=O) groups is 2. The number of rotatable bonds is 4. The van der Waals surface area contributed by atoms with Crippen molar-refractivity contribution in [2.24, 2.45) is 5.10 Å². The van der Waals surface area contributed by atoms with Crippen LogP contribution in [0.15, 0.2) is 58.3 Å². The minimum atomic E-state index is -0.358. The van der Waals surface area contributed by atoms with Gasteiger partial charge in [-0.25, -0.2) is 5.43 Å². The fourth-order valence-electron chi connectivity index (χ4n) is 3.43. The molecule has 30 heavy (non-hydrogen) atoms. The van der Waals surface area contributed by atoms with Gasteiger partial charge in [-0.15, -0.1) is 0 Å². The summed E-state index contributed by atoms with van der Waals surface area (Å²) < 4.78 is 5.87. The maximum atomic E-state index is 12.8. The van der Waals surface area contributed by atoms with Gasteiger partial charge in [-0.3, -0.25) is 14.6 Å². The number of furan rings is 1. The second kappa shape index (κ2) is 8.51. The smallest absolute Gasteiger partial charge is 0.291 e. The van der Waals surface area contributed by atoms with Crippen LogP contribution < -0.4 is 10.7 Å². The van der Waals surface area contributed by atoms with E-state index in [2.05, 4.69) is 20.8 Å². The first kappa shape index (κ1) is 19.8. The van der Waals surface area contributed by atoms with Crippen LogP contribution in [0.4, 0.5) is 5.69 Å². The molecule has 3 aromatic rings. The number of anilines is 1. The Balaban J connectivity index is 1.57. The molecule has 8 heteroatoms. The molecule has 2 heterocycles. The van der Waals surface area contributed by atoms with E-state index >= 15 is 0 Å². The number of halogens is 1. The molecule has 1 aliphatic carbocycles. The molecule has 0 radical (unpaired) electrons. The van der Waals surface area contributed by atoms with Gasteiger partial charge in [0.25, 0.3) is 11.8 Å². The van der Waals surface area contributed by atoms with Crippen LogP contribution in [0.5, 0.6) is 0 Å². The van der Waals surface area contributed by atoms with Crippen molar-refractivity contribution in [1.82, 2.24) is 10.4 Å². The predicted molar refractivity (Wildman–Crippen MR) is 114 cm³/mol. The molecule has 4 rings (SSSR count). The summed E-state index contributed by atoms with van der Waals surface area (Å²) in [5, 5.41) is 7.64. The molecule has 0 fully saturated rings. The molecule has 0 saturated carbocycles. The quantitative estimate of drug-likeness (QED) is 0.610. The Morgan fingerprint density at radius 2 is 2.03 bits per heavy atom. The molecule has 2 N–H and O–H groups in total. The van der Waals surface area contributed by atoms with Gasteiger partial charge < -0.3 is 9.73 Å². The molecule has 0 unspecified atom stereocenters. The molecular formula is C22H19ClN4O3. The molecule has 0 spiro atoms. The summed E-state index contributed by atoms with van der Waals surface area (Å²) in [6.45, 7) is 1.82. The highest BCUT2D eigenvalue weighted by atomic mass is 35.5. The third-order valence-corrected chi connectivity index (χ3v) is 5.07. The summed E-state index contributed by atoms with van der Waals surface area (Å²) in [5.74, 6) is 0.225. The van der Waals surface area contributed by atoms with Gasteiger partial charge in [0.2, 0.25) is 0 Å². The van der Waals surface area contributed by atoms with Gasteiger partial charge in [0, 0.05) is 40.7 Å². The number of benzene rings is 1. The fourth-order valence-corrected chi connectivity index (χ4v) is 3.62. The van der Waals surface area contributed by atoms with Gasteiger partial charge in [0.15, 0.2) is 5.76 Å². The summed E-state index contributed by atoms with van der Waals surface area (Å²) in [6, 6.07) is 10.3. The van der Waals surface area contributed by atoms with Gasteiger partial charge in [0.1, 0.15) is 5.76 Å². The van der Waals surface area contributed by atoms with E-state index in [4.69, 9.17) is 16.0 Å². The topological polar surface area (TPSA) is 96.6 Å². The van der Waals surface area contributed by atoms with Crippen LogP contribution in [0.3, 0.4) is 0 Å². The van der Waals surface area contributed by atoms with Crippen molar-refractivity contribution in [3.05, 3.63) is 82.0 Å². The first-order chi connectivity index (χ1) is 14.5. The van der Waals surface area contributed by atoms with Gasteiger partial charge in [0.05, 0.1) is 11.3 Å². The highest BCUT2D eigenvalue weighted by molar-refractivity contribution is 6.31. The van der Waals surface area contributed by atoms with Crippen molar-refractivity contribution in [2.45, 2.75) is 26.2 Å². The number of hydrogen-bond donors (Lipinski definition) is 2. The standard InChI is InChI=1S/C22H19ClN4O3/c1-13-19-17(26-27-21(28)14-5-4-10-24-12-14)8-3-9-18(19)30-20(13)22(29)25-16-7-2-6-15(23)11-16/h2,4-7,10-12H,3,8-9H2,1H3,(H,25,29)(H,27,28)/b26-17+. The number of aromatic nitrogens is 1. The van der Waals surface area contributed by atoms with Crippen molar-refractivity contribution < 1.29 is 14.0 Å². The van der Waals surface area contributed by atoms with Crippen LogP contribution >= 0.6 is 11.6 Å². The molecule has 0 bridgehead atoms. The Hall–Kier alpha value is -3.45. The van der Waals surface area contributed by atoms with E-state index < -0.39 is 0 Å². The van der Waals surface area contributed by atoms with E-state index in [0.717, 1.165) is 12.0 Å². The Kier molecular flexibility index (Phi) is 5.63. The van der Waals surface area contributed by atoms with E-state index in [-0.39, 0.29) is 17.6 Å². The molecule has 152 valence electrons. The SMILES string of the molecule is Cc1c(C(=O)Nc2cccc(Cl)c2)oc2c1/C(=N/NC(=O)c1cccnc1)CCC2. The summed E-state index contributed by atoms with van der Waals surface area (Å²) in [6.07, 6.45) is 5.27. The van der Waals surface area contributed by atoms with Crippen molar-refractivity contribution in [3.63, 3.8) is 0 Å². The Morgan fingerprint density at radius 1 is 1.17 bits per heavy atom. The molecule has 7 nitrogen and oxygen atoms in total. The second-order valence-electron chi connectivity index (χ2n) is 6.91. The summed E-state index contributed by atoms with van der Waals surface area (Å²) in [4.78, 5) is 29.0. The van der Waals surface area contributed by atoms with Crippen molar-refractivity contribution >= 4 is 34.8 Å². The molecule has 1 aliphatic rings. The number of hydrazone groups is 1. The monoisotopic (exact) mass is 422 g/mol. The molecule has 0 saturated heterocycles. The lowest BCUT2D eigenvalue weighted by Crippen LogP contribution is -2.22. The first-order valence-corrected chi connectivity index (χ1v) is 9.87. The van der Waals surface area contributed by atoms with Crippen molar-refractivity contribution in [3.8, 4) is 0 Å². The Bertz CT molecular complexity index is 1140. The molecule has 2 aromatic heterocycles. The molecule has 1 aromatic carbocycles. The van der Waals surface area contributed by atoms with E-state index in [1.165, 1.54) is 6.20 Å². The third-order valence-electron chi connectivity index (χ3n) is 4.83. The lowest BCUT2D eigenvalue weighted by atomic mass is 9.93. The predicted octanol–water partition coefficient (Wildman–Crippen LogP) is 4.36. The van der Waals surface area contributed by atoms with Crippen molar-refractivity contribution in [1.29, 1.82) is 0 Å². The summed E-state index contributed by atoms with van der Waals surface area (Å²) in [7, 11) is 0. The minimum Gasteiger partial charge on any atom is -0.455 e. The third kappa shape index (κ3) is 4.11. The molecular weight excluding hydrogens is 404 g/mol. The maximum Gasteiger partial charge on any atom is 0.291 e. The number of nitrogens with one attached hydrogen (secondary N) is 2. The van der Waals surface area contributed by atoms with Crippen LogP contribution in [0.1, 0.15) is 50.6 Å². The lowest BCUT2D eigenvalue weighted by molar-refractivity contribution is 0.0953. The zero-order chi connectivity index (χ0) is 21.1. The van der Waals surface area contributed by atoms with E-state index in [0.29, 0.717) is 46.2 Å². The van der Waals surface area contributed by atoms with E-state index in [9.17, 15) is 9.59 Å². The first-order valence-electron chi connectivity index (χ1n) is 9.49.